The van der Waals surface area contributed by atoms with Crippen molar-refractivity contribution < 1.29 is 33.8 Å². The maximum absolute atomic E-state index is 14.9. The number of phenols is 1. The van der Waals surface area contributed by atoms with Gasteiger partial charge >= 0.3 is 12.1 Å². The molecule has 0 aliphatic heterocycles. The standard InChI is InChI=1S/C41H51N3O7/c1-9-27-16-13-17-30(23-27)35(36(46)42-33(38(48)50-40(3,4)5)25-28-14-11-10-12-15-28)44(34-22-26(34)2)37(47)32(43-39(49)51-41(6,7)8)24-29-18-20-31(45)21-19-29/h9-21,23,26,32-35,45H,1,22,24-25H2,2-8H3,(H,42,46)(H,43,49). The number of nitrogens with zero attached hydrogens (tertiary/aromatic N) is 1. The molecule has 0 heterocycles. The van der Waals surface area contributed by atoms with Gasteiger partial charge in [0.25, 0.3) is 0 Å². The fraction of sp³-hybridized carbons (Fsp3) is 0.415. The first-order chi connectivity index (χ1) is 23.9. The van der Waals surface area contributed by atoms with Crippen molar-refractivity contribution in [3.63, 3.8) is 0 Å². The lowest BCUT2D eigenvalue weighted by atomic mass is 9.97. The summed E-state index contributed by atoms with van der Waals surface area (Å²) in [6, 6.07) is 19.1. The Morgan fingerprint density at radius 2 is 1.43 bits per heavy atom. The van der Waals surface area contributed by atoms with Crippen molar-refractivity contribution >= 4 is 30.0 Å². The van der Waals surface area contributed by atoms with Crippen LogP contribution in [0.2, 0.25) is 0 Å². The van der Waals surface area contributed by atoms with E-state index in [9.17, 15) is 24.3 Å². The van der Waals surface area contributed by atoms with Crippen LogP contribution in [-0.4, -0.2) is 63.2 Å². The Hall–Kier alpha value is -5.12. The van der Waals surface area contributed by atoms with Gasteiger partial charge in [-0.3, -0.25) is 9.59 Å². The van der Waals surface area contributed by atoms with E-state index in [-0.39, 0.29) is 30.6 Å². The molecule has 4 rings (SSSR count). The predicted octanol–water partition coefficient (Wildman–Crippen LogP) is 6.52. The SMILES string of the molecule is C=Cc1cccc(C(C(=O)NC(Cc2ccccc2)C(=O)OC(C)(C)C)N(C(=O)C(Cc2ccc(O)cc2)NC(=O)OC(C)(C)C)C2CC2C)c1. The predicted molar refractivity (Wildman–Crippen MR) is 197 cm³/mol. The van der Waals surface area contributed by atoms with Crippen LogP contribution >= 0.6 is 0 Å². The van der Waals surface area contributed by atoms with Crippen LogP contribution in [0.5, 0.6) is 5.75 Å². The number of carbonyl (C=O) groups excluding carboxylic acids is 4. The fourth-order valence-corrected chi connectivity index (χ4v) is 5.83. The van der Waals surface area contributed by atoms with Crippen molar-refractivity contribution in [1.82, 2.24) is 15.5 Å². The van der Waals surface area contributed by atoms with Gasteiger partial charge in [-0.05, 0) is 94.3 Å². The molecule has 10 heteroatoms. The molecule has 1 saturated carbocycles. The van der Waals surface area contributed by atoms with E-state index in [0.717, 1.165) is 11.1 Å². The summed E-state index contributed by atoms with van der Waals surface area (Å²) in [5.74, 6) is -1.55. The zero-order chi connectivity index (χ0) is 37.5. The molecule has 0 bridgehead atoms. The number of carbonyl (C=O) groups is 4. The number of esters is 1. The van der Waals surface area contributed by atoms with E-state index in [1.807, 2.05) is 43.3 Å². The lowest BCUT2D eigenvalue weighted by Crippen LogP contribution is -2.56. The summed E-state index contributed by atoms with van der Waals surface area (Å²) >= 11 is 0. The van der Waals surface area contributed by atoms with Crippen LogP contribution in [-0.2, 0) is 36.7 Å². The summed E-state index contributed by atoms with van der Waals surface area (Å²) < 4.78 is 11.3. The molecule has 3 aromatic carbocycles. The highest BCUT2D eigenvalue weighted by molar-refractivity contribution is 5.94. The Morgan fingerprint density at radius 1 is 0.843 bits per heavy atom. The molecule has 5 unspecified atom stereocenters. The highest BCUT2D eigenvalue weighted by Crippen LogP contribution is 2.41. The highest BCUT2D eigenvalue weighted by atomic mass is 16.6. The molecule has 272 valence electrons. The van der Waals surface area contributed by atoms with E-state index in [2.05, 4.69) is 17.2 Å². The number of ether oxygens (including phenoxy) is 2. The van der Waals surface area contributed by atoms with Crippen molar-refractivity contribution in [2.24, 2.45) is 5.92 Å². The second kappa shape index (κ2) is 16.3. The van der Waals surface area contributed by atoms with Crippen LogP contribution in [0.15, 0.2) is 85.4 Å². The number of alkyl carbamates (subject to hydrolysis) is 1. The molecule has 5 atom stereocenters. The van der Waals surface area contributed by atoms with Crippen LogP contribution < -0.4 is 10.6 Å². The molecule has 10 nitrogen and oxygen atoms in total. The van der Waals surface area contributed by atoms with Gasteiger partial charge in [0, 0.05) is 18.9 Å². The topological polar surface area (TPSA) is 134 Å². The van der Waals surface area contributed by atoms with Gasteiger partial charge in [0.1, 0.15) is 35.1 Å². The van der Waals surface area contributed by atoms with Gasteiger partial charge in [-0.15, -0.1) is 0 Å². The molecular formula is C41H51N3O7. The summed E-state index contributed by atoms with van der Waals surface area (Å²) in [5.41, 5.74) is 1.10. The van der Waals surface area contributed by atoms with E-state index in [1.165, 1.54) is 12.1 Å². The van der Waals surface area contributed by atoms with Crippen molar-refractivity contribution in [3.8, 4) is 5.75 Å². The zero-order valence-electron chi connectivity index (χ0n) is 30.6. The minimum absolute atomic E-state index is 0.0593. The summed E-state index contributed by atoms with van der Waals surface area (Å²) in [7, 11) is 0. The molecule has 0 radical (unpaired) electrons. The van der Waals surface area contributed by atoms with Gasteiger partial charge in [0.15, 0.2) is 0 Å². The van der Waals surface area contributed by atoms with Gasteiger partial charge in [-0.25, -0.2) is 9.59 Å². The van der Waals surface area contributed by atoms with E-state index >= 15 is 0 Å². The number of phenolic OH excluding ortho intramolecular Hbond substituents is 1. The van der Waals surface area contributed by atoms with Crippen molar-refractivity contribution in [3.05, 3.63) is 108 Å². The lowest BCUT2D eigenvalue weighted by molar-refractivity contribution is -0.159. The molecule has 0 spiro atoms. The third-order valence-electron chi connectivity index (χ3n) is 8.32. The largest absolute Gasteiger partial charge is 0.508 e. The quantitative estimate of drug-likeness (QED) is 0.173. The normalized spacial score (nSPS) is 17.2. The van der Waals surface area contributed by atoms with Crippen LogP contribution in [0, 0.1) is 5.92 Å². The molecule has 0 saturated heterocycles. The molecular weight excluding hydrogens is 646 g/mol. The van der Waals surface area contributed by atoms with E-state index in [4.69, 9.17) is 9.47 Å². The maximum atomic E-state index is 14.9. The summed E-state index contributed by atoms with van der Waals surface area (Å²) in [5, 5.41) is 15.6. The fourth-order valence-electron chi connectivity index (χ4n) is 5.83. The number of aromatic hydroxyl groups is 1. The van der Waals surface area contributed by atoms with Crippen molar-refractivity contribution in [2.75, 3.05) is 0 Å². The van der Waals surface area contributed by atoms with Gasteiger partial charge in [0.05, 0.1) is 0 Å². The first kappa shape index (κ1) is 38.7. The molecule has 1 aliphatic rings. The van der Waals surface area contributed by atoms with Gasteiger partial charge < -0.3 is 30.1 Å². The smallest absolute Gasteiger partial charge is 0.408 e. The third-order valence-corrected chi connectivity index (χ3v) is 8.32. The number of hydrogen-bond donors (Lipinski definition) is 3. The zero-order valence-corrected chi connectivity index (χ0v) is 30.6. The van der Waals surface area contributed by atoms with Gasteiger partial charge in [-0.2, -0.15) is 0 Å². The third kappa shape index (κ3) is 11.5. The van der Waals surface area contributed by atoms with Crippen molar-refractivity contribution in [1.29, 1.82) is 0 Å². The molecule has 1 fully saturated rings. The average molecular weight is 698 g/mol. The van der Waals surface area contributed by atoms with Crippen LogP contribution in [0.1, 0.15) is 83.2 Å². The van der Waals surface area contributed by atoms with Crippen LogP contribution in [0.25, 0.3) is 6.08 Å². The van der Waals surface area contributed by atoms with Crippen LogP contribution in [0.3, 0.4) is 0 Å². The van der Waals surface area contributed by atoms with E-state index in [1.54, 1.807) is 82.9 Å². The first-order valence-electron chi connectivity index (χ1n) is 17.3. The van der Waals surface area contributed by atoms with Gasteiger partial charge in [0.2, 0.25) is 11.8 Å². The number of benzene rings is 3. The Morgan fingerprint density at radius 3 is 2.00 bits per heavy atom. The molecule has 1 aliphatic carbocycles. The van der Waals surface area contributed by atoms with Crippen molar-refractivity contribution in [2.45, 2.75) is 103 Å². The molecule has 51 heavy (non-hydrogen) atoms. The Bertz CT molecular complexity index is 1690. The Kier molecular flexibility index (Phi) is 12.3. The maximum Gasteiger partial charge on any atom is 0.408 e. The Balaban J connectivity index is 1.79. The monoisotopic (exact) mass is 697 g/mol. The number of amides is 3. The number of hydrogen-bond acceptors (Lipinski definition) is 7. The first-order valence-corrected chi connectivity index (χ1v) is 17.3. The summed E-state index contributed by atoms with van der Waals surface area (Å²) in [4.78, 5) is 58.0. The molecule has 3 aromatic rings. The van der Waals surface area contributed by atoms with E-state index in [0.29, 0.717) is 17.5 Å². The molecule has 0 aromatic heterocycles. The second-order valence-electron chi connectivity index (χ2n) is 15.2. The highest BCUT2D eigenvalue weighted by Gasteiger charge is 2.49. The second-order valence-corrected chi connectivity index (χ2v) is 15.2. The number of rotatable bonds is 13. The lowest BCUT2D eigenvalue weighted by Gasteiger charge is -2.36. The van der Waals surface area contributed by atoms with E-state index < -0.39 is 53.2 Å². The average Bonchev–Trinajstić information content (AvgIpc) is 3.77. The van der Waals surface area contributed by atoms with Gasteiger partial charge in [-0.1, -0.05) is 80.2 Å². The minimum Gasteiger partial charge on any atom is -0.508 e. The Labute approximate surface area is 301 Å². The minimum atomic E-state index is -1.18. The number of nitrogens with one attached hydrogen (secondary N) is 2. The molecule has 3 N–H and O–H groups in total. The van der Waals surface area contributed by atoms with Crippen LogP contribution in [0.4, 0.5) is 4.79 Å². The summed E-state index contributed by atoms with van der Waals surface area (Å²) in [6.07, 6.45) is 1.73. The molecule has 3 amide bonds. The summed E-state index contributed by atoms with van der Waals surface area (Å²) in [6.45, 7) is 16.3.